The number of hydrogen-bond acceptors (Lipinski definition) is 7. The highest BCUT2D eigenvalue weighted by Gasteiger charge is 2.39. The van der Waals surface area contributed by atoms with E-state index in [-0.39, 0.29) is 11.4 Å². The molecule has 8 nitrogen and oxygen atoms in total. The molecular weight excluding hydrogens is 326 g/mol. The van der Waals surface area contributed by atoms with Crippen LogP contribution in [0.3, 0.4) is 0 Å². The summed E-state index contributed by atoms with van der Waals surface area (Å²) in [6.45, 7) is 1.90. The summed E-state index contributed by atoms with van der Waals surface area (Å²) in [6.07, 6.45) is 4.72. The average molecular weight is 349 g/mol. The maximum absolute atomic E-state index is 11.5. The summed E-state index contributed by atoms with van der Waals surface area (Å²) in [5, 5.41) is 4.19. The lowest BCUT2D eigenvalue weighted by Crippen LogP contribution is -2.39. The second-order valence-corrected chi connectivity index (χ2v) is 6.25. The van der Waals surface area contributed by atoms with Crippen LogP contribution < -0.4 is 0 Å². The van der Waals surface area contributed by atoms with Gasteiger partial charge in [0.15, 0.2) is 5.82 Å². The Hall–Kier alpha value is -2.19. The van der Waals surface area contributed by atoms with Crippen LogP contribution in [-0.2, 0) is 32.5 Å². The van der Waals surface area contributed by atoms with Gasteiger partial charge in [-0.15, -0.1) is 0 Å². The number of nitrogens with zero attached hydrogens (tertiary/aromatic N) is 2. The van der Waals surface area contributed by atoms with Gasteiger partial charge >= 0.3 is 5.97 Å². The van der Waals surface area contributed by atoms with Crippen LogP contribution in [0.5, 0.6) is 0 Å². The van der Waals surface area contributed by atoms with Crippen LogP contribution in [0, 0.1) is 0 Å². The molecule has 1 fully saturated rings. The smallest absolute Gasteiger partial charge is 0.354 e. The van der Waals surface area contributed by atoms with Crippen LogP contribution in [0.1, 0.15) is 40.6 Å². The van der Waals surface area contributed by atoms with Gasteiger partial charge in [-0.25, -0.2) is 4.79 Å². The maximum Gasteiger partial charge on any atom is 0.354 e. The highest BCUT2D eigenvalue weighted by molar-refractivity contribution is 5.87. The summed E-state index contributed by atoms with van der Waals surface area (Å²) >= 11 is 0. The fourth-order valence-corrected chi connectivity index (χ4v) is 3.11. The first-order valence-electron chi connectivity index (χ1n) is 8.32. The third kappa shape index (κ3) is 3.91. The summed E-state index contributed by atoms with van der Waals surface area (Å²) in [5.74, 6) is 0.891. The highest BCUT2D eigenvalue weighted by Crippen LogP contribution is 2.33. The van der Waals surface area contributed by atoms with Gasteiger partial charge in [-0.05, 0) is 30.9 Å². The molecule has 0 atom stereocenters. The molecule has 0 saturated carbocycles. The first-order chi connectivity index (χ1) is 12.2. The molecule has 0 amide bonds. The second kappa shape index (κ2) is 7.79. The largest absolute Gasteiger partial charge is 0.464 e. The molecular formula is C17H23N3O5. The minimum Gasteiger partial charge on any atom is -0.464 e. The lowest BCUT2D eigenvalue weighted by Gasteiger charge is -2.33. The molecule has 136 valence electrons. The third-order valence-corrected chi connectivity index (χ3v) is 4.59. The van der Waals surface area contributed by atoms with E-state index >= 15 is 0 Å². The van der Waals surface area contributed by atoms with E-state index in [1.54, 1.807) is 19.4 Å². The molecule has 0 bridgehead atoms. The summed E-state index contributed by atoms with van der Waals surface area (Å²) in [5.41, 5.74) is 1.18. The molecule has 3 heterocycles. The Balaban J connectivity index is 1.65. The molecule has 25 heavy (non-hydrogen) atoms. The monoisotopic (exact) mass is 349 g/mol. The van der Waals surface area contributed by atoms with Gasteiger partial charge in [0.1, 0.15) is 5.69 Å². The molecule has 0 unspecified atom stereocenters. The van der Waals surface area contributed by atoms with Gasteiger partial charge in [0.25, 0.3) is 0 Å². The van der Waals surface area contributed by atoms with Crippen molar-refractivity contribution in [3.63, 3.8) is 0 Å². The predicted octanol–water partition coefficient (Wildman–Crippen LogP) is 1.66. The van der Waals surface area contributed by atoms with Crippen LogP contribution in [0.25, 0.3) is 0 Å². The van der Waals surface area contributed by atoms with Crippen LogP contribution in [-0.4, -0.2) is 55.1 Å². The number of H-pyrrole nitrogens is 1. The number of aromatic amines is 1. The number of rotatable bonds is 7. The number of hydrogen-bond donors (Lipinski definition) is 1. The van der Waals surface area contributed by atoms with E-state index in [0.29, 0.717) is 50.1 Å². The standard InChI is InChI=1S/C17H23N3O5/c1-22-11-17(5-7-24-8-6-17)16-19-14(25-20-16)4-3-12-9-13(18-10-12)15(21)23-2/h9-10,18H,3-8,11H2,1-2H3. The van der Waals surface area contributed by atoms with Crippen molar-refractivity contribution in [2.24, 2.45) is 0 Å². The first kappa shape index (κ1) is 17.6. The molecule has 2 aromatic rings. The summed E-state index contributed by atoms with van der Waals surface area (Å²) in [7, 11) is 3.04. The van der Waals surface area contributed by atoms with E-state index in [1.807, 2.05) is 0 Å². The van der Waals surface area contributed by atoms with Crippen molar-refractivity contribution < 1.29 is 23.5 Å². The molecule has 3 rings (SSSR count). The number of aromatic nitrogens is 3. The van der Waals surface area contributed by atoms with Gasteiger partial charge in [0.2, 0.25) is 5.89 Å². The quantitative estimate of drug-likeness (QED) is 0.759. The van der Waals surface area contributed by atoms with Crippen LogP contribution in [0.2, 0.25) is 0 Å². The van der Waals surface area contributed by atoms with Gasteiger partial charge in [-0.3, -0.25) is 0 Å². The summed E-state index contributed by atoms with van der Waals surface area (Å²) in [4.78, 5) is 18.9. The third-order valence-electron chi connectivity index (χ3n) is 4.59. The molecule has 0 spiro atoms. The SMILES string of the molecule is COCC1(c2noc(CCc3c[nH]c(C(=O)OC)c3)n2)CCOCC1. The maximum atomic E-state index is 11.5. The van der Waals surface area contributed by atoms with Gasteiger partial charge in [0.05, 0.1) is 19.1 Å². The Labute approximate surface area is 145 Å². The first-order valence-corrected chi connectivity index (χ1v) is 8.32. The normalized spacial score (nSPS) is 16.7. The molecule has 2 aromatic heterocycles. The van der Waals surface area contributed by atoms with E-state index in [9.17, 15) is 4.79 Å². The van der Waals surface area contributed by atoms with E-state index < -0.39 is 0 Å². The number of carbonyl (C=O) groups excluding carboxylic acids is 1. The van der Waals surface area contributed by atoms with Crippen molar-refractivity contribution in [2.45, 2.75) is 31.1 Å². The van der Waals surface area contributed by atoms with E-state index in [2.05, 4.69) is 19.9 Å². The molecule has 0 aliphatic carbocycles. The lowest BCUT2D eigenvalue weighted by molar-refractivity contribution is 0.00915. The predicted molar refractivity (Wildman–Crippen MR) is 87.4 cm³/mol. The van der Waals surface area contributed by atoms with Crippen molar-refractivity contribution in [3.05, 3.63) is 35.2 Å². The Kier molecular flexibility index (Phi) is 5.50. The van der Waals surface area contributed by atoms with Crippen molar-refractivity contribution >= 4 is 5.97 Å². The number of carbonyl (C=O) groups is 1. The molecule has 1 aliphatic heterocycles. The van der Waals surface area contributed by atoms with Crippen molar-refractivity contribution in [1.82, 2.24) is 15.1 Å². The fourth-order valence-electron chi connectivity index (χ4n) is 3.11. The topological polar surface area (TPSA) is 99.5 Å². The Morgan fingerprint density at radius 3 is 2.84 bits per heavy atom. The number of methoxy groups -OCH3 is 2. The van der Waals surface area contributed by atoms with E-state index in [1.165, 1.54) is 7.11 Å². The van der Waals surface area contributed by atoms with Crippen molar-refractivity contribution in [2.75, 3.05) is 34.0 Å². The highest BCUT2D eigenvalue weighted by atomic mass is 16.5. The minimum absolute atomic E-state index is 0.235. The van der Waals surface area contributed by atoms with Gasteiger partial charge < -0.3 is 23.7 Å². The van der Waals surface area contributed by atoms with E-state index in [0.717, 1.165) is 18.4 Å². The molecule has 1 aliphatic rings. The zero-order valence-electron chi connectivity index (χ0n) is 14.5. The number of esters is 1. The van der Waals surface area contributed by atoms with Gasteiger partial charge in [0, 0.05) is 32.9 Å². The number of nitrogens with one attached hydrogen (secondary N) is 1. The summed E-state index contributed by atoms with van der Waals surface area (Å²) in [6, 6.07) is 1.77. The number of ether oxygens (including phenoxy) is 3. The molecule has 1 N–H and O–H groups in total. The van der Waals surface area contributed by atoms with Crippen molar-refractivity contribution in [1.29, 1.82) is 0 Å². The molecule has 8 heteroatoms. The Morgan fingerprint density at radius 1 is 1.32 bits per heavy atom. The zero-order chi connectivity index (χ0) is 17.7. The summed E-state index contributed by atoms with van der Waals surface area (Å²) < 4.78 is 21.0. The van der Waals surface area contributed by atoms with E-state index in [4.69, 9.17) is 14.0 Å². The molecule has 1 saturated heterocycles. The average Bonchev–Trinajstić information content (AvgIpc) is 3.30. The minimum atomic E-state index is -0.382. The molecule has 0 aromatic carbocycles. The second-order valence-electron chi connectivity index (χ2n) is 6.25. The molecule has 0 radical (unpaired) electrons. The van der Waals surface area contributed by atoms with Crippen LogP contribution in [0.4, 0.5) is 0 Å². The van der Waals surface area contributed by atoms with Crippen LogP contribution >= 0.6 is 0 Å². The van der Waals surface area contributed by atoms with Crippen LogP contribution in [0.15, 0.2) is 16.8 Å². The number of aryl methyl sites for hydroxylation is 2. The Morgan fingerprint density at radius 2 is 2.12 bits per heavy atom. The van der Waals surface area contributed by atoms with Gasteiger partial charge in [-0.1, -0.05) is 5.16 Å². The Bertz CT molecular complexity index is 697. The lowest BCUT2D eigenvalue weighted by atomic mass is 9.80. The van der Waals surface area contributed by atoms with Crippen molar-refractivity contribution in [3.8, 4) is 0 Å². The zero-order valence-corrected chi connectivity index (χ0v) is 14.5. The van der Waals surface area contributed by atoms with Gasteiger partial charge in [-0.2, -0.15) is 4.98 Å². The fraction of sp³-hybridized carbons (Fsp3) is 0.588.